The lowest BCUT2D eigenvalue weighted by Gasteiger charge is -2.42. The van der Waals surface area contributed by atoms with E-state index in [-0.39, 0.29) is 19.4 Å². The molecule has 0 aromatic rings. The molecule has 15 nitrogen and oxygen atoms in total. The van der Waals surface area contributed by atoms with Crippen LogP contribution in [0, 0.1) is 0 Å². The zero-order chi connectivity index (χ0) is 56.7. The van der Waals surface area contributed by atoms with E-state index < -0.39 is 99.3 Å². The summed E-state index contributed by atoms with van der Waals surface area (Å²) in [6, 6.07) is 0. The van der Waals surface area contributed by atoms with Crippen LogP contribution in [0.1, 0.15) is 219 Å². The Bertz CT molecular complexity index is 1630. The summed E-state index contributed by atoms with van der Waals surface area (Å²) in [7, 11) is 0. The molecule has 0 spiro atoms. The molecule has 0 aliphatic carbocycles. The molecule has 2 aliphatic rings. The van der Waals surface area contributed by atoms with Gasteiger partial charge in [-0.3, -0.25) is 9.59 Å². The van der Waals surface area contributed by atoms with Gasteiger partial charge in [-0.15, -0.1) is 0 Å². The molecule has 2 aliphatic heterocycles. The van der Waals surface area contributed by atoms with Crippen molar-refractivity contribution in [2.75, 3.05) is 26.4 Å². The van der Waals surface area contributed by atoms with Gasteiger partial charge in [0.15, 0.2) is 18.7 Å². The van der Waals surface area contributed by atoms with Gasteiger partial charge < -0.3 is 64.2 Å². The van der Waals surface area contributed by atoms with Crippen LogP contribution >= 0.6 is 0 Å². The van der Waals surface area contributed by atoms with Crippen LogP contribution in [-0.2, 0) is 38.0 Å². The largest absolute Gasteiger partial charge is 0.462 e. The number of esters is 2. The van der Waals surface area contributed by atoms with Gasteiger partial charge in [-0.25, -0.2) is 0 Å². The van der Waals surface area contributed by atoms with Gasteiger partial charge in [0.1, 0.15) is 55.4 Å². The first kappa shape index (κ1) is 71.0. The number of ether oxygens (including phenoxy) is 6. The quantitative estimate of drug-likeness (QED) is 0.0171. The number of hydrogen-bond acceptors (Lipinski definition) is 15. The lowest BCUT2D eigenvalue weighted by molar-refractivity contribution is -0.332. The SMILES string of the molecule is CC/C=C\C/C=C\C/C=C\C/C=C\CCCCCCCCC(=O)OC(COC(=O)CCCCCCCCCCCCC/C=C\C/C=C\CCCCCCC)COC1OC(COC2OC(CO)C(O)C(O)C2O)C(O)C(O)C1O. The third kappa shape index (κ3) is 34.9. The number of aliphatic hydroxyl groups is 7. The van der Waals surface area contributed by atoms with Crippen LogP contribution in [0.3, 0.4) is 0 Å². The van der Waals surface area contributed by atoms with Crippen LogP contribution in [-0.4, -0.2) is 142 Å². The summed E-state index contributed by atoms with van der Waals surface area (Å²) in [6.07, 6.45) is 43.4. The highest BCUT2D eigenvalue weighted by atomic mass is 16.7. The smallest absolute Gasteiger partial charge is 0.306 e. The Morgan fingerprint density at radius 3 is 1.27 bits per heavy atom. The molecule has 11 unspecified atom stereocenters. The van der Waals surface area contributed by atoms with E-state index in [0.717, 1.165) is 96.3 Å². The molecule has 2 heterocycles. The maximum Gasteiger partial charge on any atom is 0.306 e. The Morgan fingerprint density at radius 2 is 0.808 bits per heavy atom. The Morgan fingerprint density at radius 1 is 0.423 bits per heavy atom. The van der Waals surface area contributed by atoms with E-state index in [1.54, 1.807) is 0 Å². The van der Waals surface area contributed by atoms with E-state index in [4.69, 9.17) is 28.4 Å². The topological polar surface area (TPSA) is 231 Å². The molecule has 11 atom stereocenters. The summed E-state index contributed by atoms with van der Waals surface area (Å²) >= 11 is 0. The first-order valence-corrected chi connectivity index (χ1v) is 30.5. The molecule has 450 valence electrons. The van der Waals surface area contributed by atoms with Gasteiger partial charge in [0, 0.05) is 12.8 Å². The molecule has 0 bridgehead atoms. The minimum absolute atomic E-state index is 0.146. The van der Waals surface area contributed by atoms with E-state index in [2.05, 4.69) is 86.8 Å². The molecule has 7 N–H and O–H groups in total. The van der Waals surface area contributed by atoms with Crippen molar-refractivity contribution >= 4 is 11.9 Å². The van der Waals surface area contributed by atoms with Gasteiger partial charge in [-0.1, -0.05) is 196 Å². The minimum Gasteiger partial charge on any atom is -0.462 e. The van der Waals surface area contributed by atoms with Gasteiger partial charge in [0.2, 0.25) is 0 Å². The monoisotopic (exact) mass is 1100 g/mol. The van der Waals surface area contributed by atoms with Gasteiger partial charge in [-0.05, 0) is 83.5 Å². The Kier molecular flexibility index (Phi) is 44.3. The number of carbonyl (C=O) groups excluding carboxylic acids is 2. The summed E-state index contributed by atoms with van der Waals surface area (Å²) in [5, 5.41) is 72.4. The highest BCUT2D eigenvalue weighted by molar-refractivity contribution is 5.70. The molecule has 2 fully saturated rings. The van der Waals surface area contributed by atoms with Crippen LogP contribution in [0.4, 0.5) is 0 Å². The summed E-state index contributed by atoms with van der Waals surface area (Å²) in [5.74, 6) is -0.942. The van der Waals surface area contributed by atoms with E-state index >= 15 is 0 Å². The second kappa shape index (κ2) is 48.6. The normalized spacial score (nSPS) is 24.5. The summed E-state index contributed by atoms with van der Waals surface area (Å²) < 4.78 is 33.7. The third-order valence-corrected chi connectivity index (χ3v) is 14.2. The molecule has 2 rings (SSSR count). The predicted molar refractivity (Wildman–Crippen MR) is 307 cm³/mol. The average molecular weight is 1110 g/mol. The molecule has 0 aromatic heterocycles. The predicted octanol–water partition coefficient (Wildman–Crippen LogP) is 10.9. The fourth-order valence-corrected chi connectivity index (χ4v) is 9.24. The van der Waals surface area contributed by atoms with E-state index in [9.17, 15) is 45.3 Å². The van der Waals surface area contributed by atoms with E-state index in [1.165, 1.54) is 83.5 Å². The van der Waals surface area contributed by atoms with Crippen LogP contribution in [0.25, 0.3) is 0 Å². The zero-order valence-electron chi connectivity index (χ0n) is 48.1. The van der Waals surface area contributed by atoms with Crippen molar-refractivity contribution in [2.24, 2.45) is 0 Å². The van der Waals surface area contributed by atoms with Crippen molar-refractivity contribution in [3.05, 3.63) is 72.9 Å². The number of unbranched alkanes of at least 4 members (excludes halogenated alkanes) is 22. The van der Waals surface area contributed by atoms with E-state index in [0.29, 0.717) is 12.8 Å². The number of rotatable bonds is 48. The molecular formula is C63H108O15. The van der Waals surface area contributed by atoms with Gasteiger partial charge in [0.25, 0.3) is 0 Å². The molecule has 2 saturated heterocycles. The van der Waals surface area contributed by atoms with Crippen molar-refractivity contribution in [3.8, 4) is 0 Å². The van der Waals surface area contributed by atoms with Crippen LogP contribution < -0.4 is 0 Å². The lowest BCUT2D eigenvalue weighted by Crippen LogP contribution is -2.61. The Hall–Kier alpha value is -3.06. The second-order valence-electron chi connectivity index (χ2n) is 21.1. The Balaban J connectivity index is 1.73. The fourth-order valence-electron chi connectivity index (χ4n) is 9.24. The second-order valence-corrected chi connectivity index (χ2v) is 21.1. The molecule has 0 aromatic carbocycles. The first-order chi connectivity index (χ1) is 38.0. The molecule has 15 heteroatoms. The fraction of sp³-hybridized carbons (Fsp3) is 0.778. The molecule has 0 saturated carbocycles. The molecule has 78 heavy (non-hydrogen) atoms. The Labute approximate surface area is 470 Å². The third-order valence-electron chi connectivity index (χ3n) is 14.2. The van der Waals surface area contributed by atoms with Crippen LogP contribution in [0.2, 0.25) is 0 Å². The average Bonchev–Trinajstić information content (AvgIpc) is 3.43. The maximum absolute atomic E-state index is 13.1. The van der Waals surface area contributed by atoms with Crippen LogP contribution in [0.15, 0.2) is 72.9 Å². The van der Waals surface area contributed by atoms with E-state index in [1.807, 2.05) is 0 Å². The highest BCUT2D eigenvalue weighted by Crippen LogP contribution is 2.27. The number of carbonyl (C=O) groups is 2. The number of allylic oxidation sites excluding steroid dienone is 12. The number of hydrogen-bond donors (Lipinski definition) is 7. The standard InChI is InChI=1S/C63H108O15/c1-3-5-7-9-11-13-15-17-19-21-23-24-25-26-28-29-31-33-35-37-39-41-43-45-54(65)73-48-51(76-55(66)46-44-42-40-38-36-34-32-30-27-22-20-18-16-14-12-10-8-6-4-2)49-74-62-61(72)59(70)57(68)53(78-62)50-75-63-60(71)58(69)56(67)52(47-64)77-63/h6,8,12,14-15,17-18,20-21,23,27,30,51-53,56-64,67-72H,3-5,7,9-11,13,16,19,22,24-26,28-29,31-50H2,1-2H3/b8-6-,14-12-,17-15-,20-18-,23-21-,30-27-. The van der Waals surface area contributed by atoms with Gasteiger partial charge in [-0.2, -0.15) is 0 Å². The van der Waals surface area contributed by atoms with Gasteiger partial charge in [0.05, 0.1) is 19.8 Å². The molecule has 0 amide bonds. The first-order valence-electron chi connectivity index (χ1n) is 30.5. The zero-order valence-corrected chi connectivity index (χ0v) is 48.1. The van der Waals surface area contributed by atoms with Crippen molar-refractivity contribution in [1.29, 1.82) is 0 Å². The van der Waals surface area contributed by atoms with Crippen molar-refractivity contribution in [3.63, 3.8) is 0 Å². The lowest BCUT2D eigenvalue weighted by atomic mass is 9.98. The summed E-state index contributed by atoms with van der Waals surface area (Å²) in [5.41, 5.74) is 0. The molecular weight excluding hydrogens is 997 g/mol. The maximum atomic E-state index is 13.1. The number of aliphatic hydroxyl groups excluding tert-OH is 7. The van der Waals surface area contributed by atoms with Crippen LogP contribution in [0.5, 0.6) is 0 Å². The summed E-state index contributed by atoms with van der Waals surface area (Å²) in [4.78, 5) is 25.9. The van der Waals surface area contributed by atoms with Crippen molar-refractivity contribution in [2.45, 2.75) is 287 Å². The van der Waals surface area contributed by atoms with Gasteiger partial charge >= 0.3 is 11.9 Å². The van der Waals surface area contributed by atoms with Crippen molar-refractivity contribution < 1.29 is 73.8 Å². The highest BCUT2D eigenvalue weighted by Gasteiger charge is 2.47. The molecule has 0 radical (unpaired) electrons. The minimum atomic E-state index is -1.77. The van der Waals surface area contributed by atoms with Crippen molar-refractivity contribution in [1.82, 2.24) is 0 Å². The summed E-state index contributed by atoms with van der Waals surface area (Å²) in [6.45, 7) is 2.47.